The standard InChI is InChI=1S/C31H37Cl2N3O4/c1-30(2)21-13-19(14-22(21)30)35(16-25(37)26-23(32)5-4-6-24(26)33)28(38)20-15-34-36(27(20)17-7-8-17)18-9-11-31(3,12-10-18)29(39)40/h4-6,15,17-19,21-22H,7-14,16H2,1-3H3,(H,39,40)/t18?,19?,21-,22+,31?. The number of aromatic nitrogens is 2. The smallest absolute Gasteiger partial charge is 0.309 e. The monoisotopic (exact) mass is 585 g/mol. The molecule has 1 unspecified atom stereocenters. The number of ketones is 1. The first kappa shape index (κ1) is 27.8. The average molecular weight is 587 g/mol. The molecule has 2 aromatic rings. The van der Waals surface area contributed by atoms with Gasteiger partial charge in [0.2, 0.25) is 0 Å². The second-order valence-electron chi connectivity index (χ2n) is 13.4. The van der Waals surface area contributed by atoms with Gasteiger partial charge < -0.3 is 10.0 Å². The number of halogens is 2. The molecule has 0 bridgehead atoms. The van der Waals surface area contributed by atoms with Crippen LogP contribution in [0.15, 0.2) is 24.4 Å². The number of rotatable bonds is 8. The van der Waals surface area contributed by atoms with Gasteiger partial charge >= 0.3 is 5.97 Å². The highest BCUT2D eigenvalue weighted by Crippen LogP contribution is 2.67. The number of benzene rings is 1. The van der Waals surface area contributed by atoms with Crippen molar-refractivity contribution in [2.24, 2.45) is 22.7 Å². The molecule has 6 rings (SSSR count). The topological polar surface area (TPSA) is 92.5 Å². The highest BCUT2D eigenvalue weighted by molar-refractivity contribution is 6.40. The molecule has 1 heterocycles. The zero-order valence-electron chi connectivity index (χ0n) is 23.3. The minimum absolute atomic E-state index is 0.0258. The molecule has 40 heavy (non-hydrogen) atoms. The largest absolute Gasteiger partial charge is 0.481 e. The average Bonchev–Trinajstić information content (AvgIpc) is 3.66. The number of amides is 1. The van der Waals surface area contributed by atoms with Crippen LogP contribution < -0.4 is 0 Å². The van der Waals surface area contributed by atoms with E-state index in [1.807, 2.05) is 11.6 Å². The van der Waals surface area contributed by atoms with Crippen molar-refractivity contribution in [1.82, 2.24) is 14.7 Å². The molecule has 0 aliphatic heterocycles. The van der Waals surface area contributed by atoms with Crippen molar-refractivity contribution in [3.05, 3.63) is 51.3 Å². The van der Waals surface area contributed by atoms with Crippen molar-refractivity contribution in [2.45, 2.75) is 90.1 Å². The molecule has 4 saturated carbocycles. The molecular formula is C31H37Cl2N3O4. The van der Waals surface area contributed by atoms with Crippen LogP contribution in [-0.2, 0) is 4.79 Å². The van der Waals surface area contributed by atoms with Crippen LogP contribution in [0.3, 0.4) is 0 Å². The molecule has 1 amide bonds. The van der Waals surface area contributed by atoms with Gasteiger partial charge in [0.25, 0.3) is 5.91 Å². The highest BCUT2D eigenvalue weighted by Gasteiger charge is 2.63. The van der Waals surface area contributed by atoms with Gasteiger partial charge in [-0.1, -0.05) is 43.1 Å². The third-order valence-electron chi connectivity index (χ3n) is 10.5. The van der Waals surface area contributed by atoms with E-state index in [4.69, 9.17) is 28.3 Å². The molecule has 4 aliphatic rings. The van der Waals surface area contributed by atoms with Gasteiger partial charge in [-0.2, -0.15) is 5.10 Å². The van der Waals surface area contributed by atoms with Crippen molar-refractivity contribution >= 4 is 40.9 Å². The fraction of sp³-hybridized carbons (Fsp3) is 0.613. The van der Waals surface area contributed by atoms with Gasteiger partial charge in [-0.15, -0.1) is 0 Å². The molecule has 0 radical (unpaired) electrons. The van der Waals surface area contributed by atoms with E-state index in [9.17, 15) is 19.5 Å². The van der Waals surface area contributed by atoms with E-state index in [0.717, 1.165) is 31.4 Å². The first-order valence-corrected chi connectivity index (χ1v) is 15.3. The van der Waals surface area contributed by atoms with E-state index in [0.29, 0.717) is 43.1 Å². The Balaban J connectivity index is 1.29. The van der Waals surface area contributed by atoms with Gasteiger partial charge in [0.1, 0.15) is 0 Å². The Hall–Kier alpha value is -2.38. The van der Waals surface area contributed by atoms with Crippen LogP contribution in [0.2, 0.25) is 10.0 Å². The van der Waals surface area contributed by atoms with Gasteiger partial charge in [-0.05, 0) is 87.7 Å². The summed E-state index contributed by atoms with van der Waals surface area (Å²) in [4.78, 5) is 41.5. The summed E-state index contributed by atoms with van der Waals surface area (Å²) >= 11 is 12.8. The molecule has 0 saturated heterocycles. The SMILES string of the molecule is CC1(C(=O)O)CCC(n2ncc(C(=O)N(CC(=O)c3c(Cl)cccc3Cl)C3C[C@@H]4[C@H](C3)C4(C)C)c2C2CC2)CC1. The summed E-state index contributed by atoms with van der Waals surface area (Å²) in [6.45, 7) is 6.31. The maximum absolute atomic E-state index is 14.4. The minimum Gasteiger partial charge on any atom is -0.481 e. The number of carbonyl (C=O) groups excluding carboxylic acids is 2. The summed E-state index contributed by atoms with van der Waals surface area (Å²) in [6, 6.07) is 5.05. The van der Waals surface area contributed by atoms with E-state index in [1.165, 1.54) is 0 Å². The molecule has 4 fully saturated rings. The normalized spacial score (nSPS) is 30.5. The van der Waals surface area contributed by atoms with Crippen molar-refractivity contribution < 1.29 is 19.5 Å². The maximum atomic E-state index is 14.4. The van der Waals surface area contributed by atoms with Gasteiger partial charge in [0.05, 0.1) is 51.1 Å². The molecule has 1 aromatic carbocycles. The number of fused-ring (bicyclic) bond motifs is 1. The lowest BCUT2D eigenvalue weighted by atomic mass is 9.74. The molecule has 9 heteroatoms. The number of hydrogen-bond donors (Lipinski definition) is 1. The third kappa shape index (κ3) is 4.67. The third-order valence-corrected chi connectivity index (χ3v) is 11.2. The maximum Gasteiger partial charge on any atom is 0.309 e. The second-order valence-corrected chi connectivity index (χ2v) is 14.2. The van der Waals surface area contributed by atoms with Gasteiger partial charge in [0.15, 0.2) is 5.78 Å². The van der Waals surface area contributed by atoms with Crippen LogP contribution in [0.1, 0.15) is 111 Å². The number of carboxylic acid groups (broad SMARTS) is 1. The molecule has 7 nitrogen and oxygen atoms in total. The Bertz CT molecular complexity index is 1340. The zero-order valence-corrected chi connectivity index (χ0v) is 24.8. The first-order chi connectivity index (χ1) is 18.9. The summed E-state index contributed by atoms with van der Waals surface area (Å²) in [5.74, 6) is 0.220. The van der Waals surface area contributed by atoms with Crippen molar-refractivity contribution in [3.8, 4) is 0 Å². The summed E-state index contributed by atoms with van der Waals surface area (Å²) in [5.41, 5.74) is 1.36. The van der Waals surface area contributed by atoms with Crippen LogP contribution in [0.5, 0.6) is 0 Å². The number of nitrogens with zero attached hydrogens (tertiary/aromatic N) is 3. The lowest BCUT2D eigenvalue weighted by Crippen LogP contribution is -2.44. The van der Waals surface area contributed by atoms with Crippen LogP contribution >= 0.6 is 23.2 Å². The van der Waals surface area contributed by atoms with Crippen molar-refractivity contribution in [1.29, 1.82) is 0 Å². The predicted octanol–water partition coefficient (Wildman–Crippen LogP) is 7.03. The van der Waals surface area contributed by atoms with E-state index in [2.05, 4.69) is 13.8 Å². The van der Waals surface area contributed by atoms with Crippen LogP contribution in [0, 0.1) is 22.7 Å². The van der Waals surface area contributed by atoms with Crippen molar-refractivity contribution in [2.75, 3.05) is 6.54 Å². The lowest BCUT2D eigenvalue weighted by molar-refractivity contribution is -0.150. The zero-order chi connectivity index (χ0) is 28.6. The van der Waals surface area contributed by atoms with Crippen LogP contribution in [-0.4, -0.2) is 50.0 Å². The van der Waals surface area contributed by atoms with E-state index in [-0.39, 0.29) is 57.3 Å². The van der Waals surface area contributed by atoms with Crippen LogP contribution in [0.4, 0.5) is 0 Å². The summed E-state index contributed by atoms with van der Waals surface area (Å²) in [6.07, 6.45) is 8.05. The van der Waals surface area contributed by atoms with Crippen LogP contribution in [0.25, 0.3) is 0 Å². The summed E-state index contributed by atoms with van der Waals surface area (Å²) in [7, 11) is 0. The van der Waals surface area contributed by atoms with E-state index >= 15 is 0 Å². The number of aliphatic carboxylic acids is 1. The van der Waals surface area contributed by atoms with Gasteiger partial charge in [0, 0.05) is 12.0 Å². The predicted molar refractivity (Wildman–Crippen MR) is 153 cm³/mol. The molecule has 1 N–H and O–H groups in total. The first-order valence-electron chi connectivity index (χ1n) is 14.5. The summed E-state index contributed by atoms with van der Waals surface area (Å²) in [5, 5.41) is 15.0. The second kappa shape index (κ2) is 9.87. The Kier molecular flexibility index (Phi) is 6.85. The number of carbonyl (C=O) groups is 3. The Morgan fingerprint density at radius 3 is 2.17 bits per heavy atom. The molecular weight excluding hydrogens is 549 g/mol. The molecule has 0 spiro atoms. The van der Waals surface area contributed by atoms with Gasteiger partial charge in [-0.25, -0.2) is 0 Å². The minimum atomic E-state index is -0.749. The Labute approximate surface area is 245 Å². The molecule has 214 valence electrons. The number of carboxylic acids is 1. The Morgan fingerprint density at radius 2 is 1.62 bits per heavy atom. The highest BCUT2D eigenvalue weighted by atomic mass is 35.5. The summed E-state index contributed by atoms with van der Waals surface area (Å²) < 4.78 is 2.01. The number of Topliss-reactive ketones (excluding diaryl/α,β-unsaturated/α-hetero) is 1. The van der Waals surface area contributed by atoms with E-state index < -0.39 is 11.4 Å². The fourth-order valence-corrected chi connectivity index (χ4v) is 8.15. The molecule has 1 aromatic heterocycles. The van der Waals surface area contributed by atoms with E-state index in [1.54, 1.807) is 29.3 Å². The fourth-order valence-electron chi connectivity index (χ4n) is 7.54. The lowest BCUT2D eigenvalue weighted by Gasteiger charge is -2.35. The Morgan fingerprint density at radius 1 is 1.02 bits per heavy atom. The molecule has 4 aliphatic carbocycles. The van der Waals surface area contributed by atoms with Gasteiger partial charge in [-0.3, -0.25) is 19.1 Å². The number of hydrogen-bond acceptors (Lipinski definition) is 4. The van der Waals surface area contributed by atoms with Crippen molar-refractivity contribution in [3.63, 3.8) is 0 Å². The molecule has 3 atom stereocenters. The quantitative estimate of drug-likeness (QED) is 0.335.